The number of nitrogens with two attached hydrogens (primary N) is 2. The van der Waals surface area contributed by atoms with E-state index < -0.39 is 30.2 Å². The quantitative estimate of drug-likeness (QED) is 0.567. The van der Waals surface area contributed by atoms with Crippen LogP contribution in [0.5, 0.6) is 0 Å². The highest BCUT2D eigenvalue weighted by molar-refractivity contribution is 9.10. The van der Waals surface area contributed by atoms with E-state index in [9.17, 15) is 14.4 Å². The summed E-state index contributed by atoms with van der Waals surface area (Å²) in [6.45, 7) is 0. The molecule has 0 heterocycles. The van der Waals surface area contributed by atoms with E-state index in [1.54, 1.807) is 0 Å². The third-order valence-electron chi connectivity index (χ3n) is 2.27. The van der Waals surface area contributed by atoms with Gasteiger partial charge in [0, 0.05) is 15.7 Å². The Labute approximate surface area is 117 Å². The first-order valence-corrected chi connectivity index (χ1v) is 5.97. The van der Waals surface area contributed by atoms with E-state index in [-0.39, 0.29) is 5.56 Å². The molecule has 0 aliphatic heterocycles. The highest BCUT2D eigenvalue weighted by Gasteiger charge is 2.22. The van der Waals surface area contributed by atoms with Crippen LogP contribution in [0.2, 0.25) is 0 Å². The van der Waals surface area contributed by atoms with E-state index in [0.717, 1.165) is 0 Å². The van der Waals surface area contributed by atoms with E-state index in [1.807, 2.05) is 0 Å². The van der Waals surface area contributed by atoms with Gasteiger partial charge >= 0.3 is 5.97 Å². The highest BCUT2D eigenvalue weighted by Crippen LogP contribution is 2.20. The lowest BCUT2D eigenvalue weighted by Gasteiger charge is -2.13. The summed E-state index contributed by atoms with van der Waals surface area (Å²) in [7, 11) is 0. The molecular weight excluding hydrogens is 318 g/mol. The van der Waals surface area contributed by atoms with Gasteiger partial charge in [0.15, 0.2) is 0 Å². The van der Waals surface area contributed by atoms with Crippen molar-refractivity contribution in [3.8, 4) is 0 Å². The Kier molecular flexibility index (Phi) is 4.87. The predicted molar refractivity (Wildman–Crippen MR) is 71.3 cm³/mol. The van der Waals surface area contributed by atoms with Gasteiger partial charge < -0.3 is 21.9 Å². The van der Waals surface area contributed by atoms with Crippen LogP contribution in [0.4, 0.5) is 5.69 Å². The molecule has 2 amide bonds. The van der Waals surface area contributed by atoms with Crippen molar-refractivity contribution in [2.45, 2.75) is 12.5 Å². The molecule has 7 nitrogen and oxygen atoms in total. The predicted octanol–water partition coefficient (Wildman–Crippen LogP) is 0.0897. The van der Waals surface area contributed by atoms with Crippen molar-refractivity contribution in [1.82, 2.24) is 5.32 Å². The van der Waals surface area contributed by atoms with Gasteiger partial charge in [-0.25, -0.2) is 4.79 Å². The van der Waals surface area contributed by atoms with Crippen LogP contribution in [0.15, 0.2) is 22.7 Å². The van der Waals surface area contributed by atoms with Gasteiger partial charge in [-0.3, -0.25) is 9.59 Å². The molecule has 8 heteroatoms. The number of aliphatic carboxylic acids is 1. The number of carbonyl (C=O) groups is 3. The molecule has 0 aliphatic rings. The first-order chi connectivity index (χ1) is 8.81. The molecule has 102 valence electrons. The number of halogens is 1. The molecule has 0 spiro atoms. The van der Waals surface area contributed by atoms with Crippen LogP contribution in [0, 0.1) is 0 Å². The minimum Gasteiger partial charge on any atom is -0.480 e. The lowest BCUT2D eigenvalue weighted by Crippen LogP contribution is -2.43. The van der Waals surface area contributed by atoms with Gasteiger partial charge in [-0.15, -0.1) is 0 Å². The maximum atomic E-state index is 11.8. The van der Waals surface area contributed by atoms with Gasteiger partial charge in [0.2, 0.25) is 5.91 Å². The van der Waals surface area contributed by atoms with Gasteiger partial charge in [0.25, 0.3) is 5.91 Å². The Morgan fingerprint density at radius 1 is 1.37 bits per heavy atom. The minimum absolute atomic E-state index is 0.219. The third-order valence-corrected chi connectivity index (χ3v) is 2.96. The molecule has 19 heavy (non-hydrogen) atoms. The molecule has 0 aromatic heterocycles. The van der Waals surface area contributed by atoms with Gasteiger partial charge in [-0.2, -0.15) is 0 Å². The van der Waals surface area contributed by atoms with E-state index in [0.29, 0.717) is 10.2 Å². The Balaban J connectivity index is 2.84. The van der Waals surface area contributed by atoms with Gasteiger partial charge in [0.05, 0.1) is 6.42 Å². The van der Waals surface area contributed by atoms with Gasteiger partial charge in [-0.05, 0) is 34.1 Å². The topological polar surface area (TPSA) is 136 Å². The van der Waals surface area contributed by atoms with E-state index in [1.165, 1.54) is 18.2 Å². The fourth-order valence-corrected chi connectivity index (χ4v) is 1.69. The zero-order chi connectivity index (χ0) is 14.6. The van der Waals surface area contributed by atoms with Crippen LogP contribution in [0.25, 0.3) is 0 Å². The second-order valence-corrected chi connectivity index (χ2v) is 4.63. The van der Waals surface area contributed by atoms with Crippen LogP contribution in [-0.4, -0.2) is 28.9 Å². The number of rotatable bonds is 5. The first kappa shape index (κ1) is 15.0. The average Bonchev–Trinajstić information content (AvgIpc) is 2.31. The number of carbonyl (C=O) groups excluding carboxylic acids is 2. The Morgan fingerprint density at radius 2 is 2.00 bits per heavy atom. The van der Waals surface area contributed by atoms with Crippen LogP contribution in [0.1, 0.15) is 16.8 Å². The van der Waals surface area contributed by atoms with Crippen LogP contribution < -0.4 is 16.8 Å². The van der Waals surface area contributed by atoms with Crippen molar-refractivity contribution in [2.24, 2.45) is 5.73 Å². The second-order valence-electron chi connectivity index (χ2n) is 3.77. The van der Waals surface area contributed by atoms with Crippen molar-refractivity contribution in [3.63, 3.8) is 0 Å². The summed E-state index contributed by atoms with van der Waals surface area (Å²) in [5, 5.41) is 11.1. The lowest BCUT2D eigenvalue weighted by molar-refractivity contribution is -0.140. The zero-order valence-electron chi connectivity index (χ0n) is 9.72. The van der Waals surface area contributed by atoms with Crippen molar-refractivity contribution < 1.29 is 19.5 Å². The summed E-state index contributed by atoms with van der Waals surface area (Å²) in [6, 6.07) is 3.04. The van der Waals surface area contributed by atoms with Crippen LogP contribution in [-0.2, 0) is 9.59 Å². The monoisotopic (exact) mass is 329 g/mol. The van der Waals surface area contributed by atoms with Gasteiger partial charge in [-0.1, -0.05) is 0 Å². The third kappa shape index (κ3) is 4.25. The number of carboxylic acids is 1. The number of hydrogen-bond acceptors (Lipinski definition) is 4. The molecular formula is C11H12BrN3O4. The maximum Gasteiger partial charge on any atom is 0.326 e. The summed E-state index contributed by atoms with van der Waals surface area (Å²) in [5.74, 6) is -2.78. The molecule has 0 aliphatic carbocycles. The molecule has 6 N–H and O–H groups in total. The average molecular weight is 330 g/mol. The van der Waals surface area contributed by atoms with Crippen LogP contribution >= 0.6 is 15.9 Å². The maximum absolute atomic E-state index is 11.8. The summed E-state index contributed by atoms with van der Waals surface area (Å²) < 4.78 is 0.516. The van der Waals surface area contributed by atoms with Crippen molar-refractivity contribution in [2.75, 3.05) is 5.73 Å². The smallest absolute Gasteiger partial charge is 0.326 e. The highest BCUT2D eigenvalue weighted by atomic mass is 79.9. The summed E-state index contributed by atoms with van der Waals surface area (Å²) >= 11 is 3.15. The Morgan fingerprint density at radius 3 is 2.47 bits per heavy atom. The molecule has 1 atom stereocenters. The Bertz CT molecular complexity index is 533. The zero-order valence-corrected chi connectivity index (χ0v) is 11.3. The molecule has 1 rings (SSSR count). The second kappa shape index (κ2) is 6.19. The number of benzene rings is 1. The molecule has 0 fully saturated rings. The largest absolute Gasteiger partial charge is 0.480 e. The van der Waals surface area contributed by atoms with Crippen molar-refractivity contribution in [1.29, 1.82) is 0 Å². The number of nitrogens with one attached hydrogen (secondary N) is 1. The number of hydrogen-bond donors (Lipinski definition) is 4. The van der Waals surface area contributed by atoms with Crippen molar-refractivity contribution >= 4 is 39.4 Å². The van der Waals surface area contributed by atoms with E-state index in [4.69, 9.17) is 16.6 Å². The molecule has 0 saturated carbocycles. The molecule has 1 unspecified atom stereocenters. The number of carboxylic acid groups (broad SMARTS) is 1. The molecule has 0 bridgehead atoms. The minimum atomic E-state index is -1.36. The lowest BCUT2D eigenvalue weighted by atomic mass is 10.1. The summed E-state index contributed by atoms with van der Waals surface area (Å²) in [6.07, 6.45) is -0.475. The Hall–Kier alpha value is -2.09. The first-order valence-electron chi connectivity index (χ1n) is 5.18. The fourth-order valence-electron chi connectivity index (χ4n) is 1.31. The number of nitrogen functional groups attached to an aromatic ring is 1. The normalized spacial score (nSPS) is 11.6. The van der Waals surface area contributed by atoms with E-state index >= 15 is 0 Å². The van der Waals surface area contributed by atoms with Gasteiger partial charge in [0.1, 0.15) is 6.04 Å². The van der Waals surface area contributed by atoms with Crippen LogP contribution in [0.3, 0.4) is 0 Å². The molecule has 1 aromatic carbocycles. The summed E-state index contributed by atoms with van der Waals surface area (Å²) in [5.41, 5.74) is 11.1. The molecule has 1 aromatic rings. The number of anilines is 1. The standard InChI is InChI=1S/C11H12BrN3O4/c12-6-3-5(1-2-7(6)13)10(17)15-8(11(18)19)4-9(14)16/h1-3,8H,4,13H2,(H2,14,16)(H,15,17)(H,18,19). The number of amides is 2. The summed E-state index contributed by atoms with van der Waals surface area (Å²) in [4.78, 5) is 33.4. The SMILES string of the molecule is NC(=O)CC(NC(=O)c1ccc(N)c(Br)c1)C(=O)O. The number of primary amides is 1. The molecule has 0 radical (unpaired) electrons. The van der Waals surface area contributed by atoms with Crippen molar-refractivity contribution in [3.05, 3.63) is 28.2 Å². The van der Waals surface area contributed by atoms with E-state index in [2.05, 4.69) is 21.2 Å². The molecule has 0 saturated heterocycles. The fraction of sp³-hybridized carbons (Fsp3) is 0.182.